The maximum Gasteiger partial charge on any atom is 0.0599 e. The molecule has 3 heteroatoms. The molecule has 1 fully saturated rings. The molecule has 2 nitrogen and oxygen atoms in total. The minimum atomic E-state index is 0.623. The van der Waals surface area contributed by atoms with Crippen molar-refractivity contribution >= 4 is 11.9 Å². The van der Waals surface area contributed by atoms with Crippen molar-refractivity contribution in [2.75, 3.05) is 19.6 Å². The molecule has 0 spiro atoms. The third-order valence-electron chi connectivity index (χ3n) is 1.43. The molecule has 1 aliphatic rings. The van der Waals surface area contributed by atoms with Crippen LogP contribution in [0.2, 0.25) is 0 Å². The second-order valence-corrected chi connectivity index (χ2v) is 3.10. The van der Waals surface area contributed by atoms with Gasteiger partial charge in [-0.05, 0) is 0 Å². The molecule has 0 aromatic rings. The summed E-state index contributed by atoms with van der Waals surface area (Å²) in [5.41, 5.74) is 0. The van der Waals surface area contributed by atoms with E-state index in [1.807, 2.05) is 0 Å². The van der Waals surface area contributed by atoms with Crippen molar-refractivity contribution in [2.45, 2.75) is 5.25 Å². The first-order valence-corrected chi connectivity index (χ1v) is 3.82. The van der Waals surface area contributed by atoms with Crippen molar-refractivity contribution in [1.29, 1.82) is 0 Å². The van der Waals surface area contributed by atoms with Gasteiger partial charge in [0.05, 0.1) is 6.54 Å². The van der Waals surface area contributed by atoms with E-state index in [-0.39, 0.29) is 0 Å². The smallest absolute Gasteiger partial charge is 0.0599 e. The Bertz CT molecular complexity index is 124. The van der Waals surface area contributed by atoms with Crippen LogP contribution in [0.5, 0.6) is 0 Å². The second kappa shape index (κ2) is 3.11. The van der Waals surface area contributed by atoms with E-state index in [2.05, 4.69) is 10.8 Å². The zero-order chi connectivity index (χ0) is 6.69. The summed E-state index contributed by atoms with van der Waals surface area (Å²) in [5.74, 6) is 2.59. The highest BCUT2D eigenvalue weighted by Crippen LogP contribution is 2.16. The maximum atomic E-state index is 5.33. The molecule has 2 N–H and O–H groups in total. The van der Waals surface area contributed by atoms with Gasteiger partial charge in [0.2, 0.25) is 0 Å². The number of hydrogen-bond acceptors (Lipinski definition) is 3. The van der Waals surface area contributed by atoms with Crippen LogP contribution < -0.4 is 5.14 Å². The van der Waals surface area contributed by atoms with Crippen molar-refractivity contribution in [3.05, 3.63) is 0 Å². The molecule has 9 heavy (non-hydrogen) atoms. The minimum Gasteiger partial charge on any atom is -0.290 e. The highest BCUT2D eigenvalue weighted by Gasteiger charge is 2.24. The van der Waals surface area contributed by atoms with Gasteiger partial charge in [-0.15, -0.1) is 6.42 Å². The number of likely N-dealkylation sites (tertiary alicyclic amines) is 1. The fraction of sp³-hybridized carbons (Fsp3) is 0.667. The lowest BCUT2D eigenvalue weighted by atomic mass is 10.2. The van der Waals surface area contributed by atoms with E-state index < -0.39 is 0 Å². The normalized spacial score (nSPS) is 20.9. The van der Waals surface area contributed by atoms with Crippen molar-refractivity contribution in [3.8, 4) is 12.3 Å². The third-order valence-corrected chi connectivity index (χ3v) is 2.11. The summed E-state index contributed by atoms with van der Waals surface area (Å²) in [5, 5.41) is 5.95. The van der Waals surface area contributed by atoms with E-state index >= 15 is 0 Å². The van der Waals surface area contributed by atoms with Crippen LogP contribution in [0.3, 0.4) is 0 Å². The quantitative estimate of drug-likeness (QED) is 0.431. The molecule has 1 rings (SSSR count). The lowest BCUT2D eigenvalue weighted by Gasteiger charge is -2.36. The van der Waals surface area contributed by atoms with Gasteiger partial charge in [0.1, 0.15) is 0 Å². The molecule has 0 unspecified atom stereocenters. The van der Waals surface area contributed by atoms with Crippen LogP contribution >= 0.6 is 11.9 Å². The van der Waals surface area contributed by atoms with Gasteiger partial charge in [-0.3, -0.25) is 10.0 Å². The summed E-state index contributed by atoms with van der Waals surface area (Å²) in [6.45, 7) is 2.90. The first-order valence-electron chi connectivity index (χ1n) is 2.88. The number of nitrogens with zero attached hydrogens (tertiary/aromatic N) is 1. The monoisotopic (exact) mass is 142 g/mol. The highest BCUT2D eigenvalue weighted by atomic mass is 32.2. The van der Waals surface area contributed by atoms with E-state index in [1.54, 1.807) is 0 Å². The topological polar surface area (TPSA) is 29.3 Å². The summed E-state index contributed by atoms with van der Waals surface area (Å²) < 4.78 is 0. The van der Waals surface area contributed by atoms with Crippen LogP contribution in [-0.2, 0) is 0 Å². The number of hydrogen-bond donors (Lipinski definition) is 1. The minimum absolute atomic E-state index is 0.623. The summed E-state index contributed by atoms with van der Waals surface area (Å²) in [6.07, 6.45) is 5.10. The Labute approximate surface area is 59.9 Å². The predicted molar refractivity (Wildman–Crippen MR) is 40.8 cm³/mol. The molecule has 50 valence electrons. The maximum absolute atomic E-state index is 5.33. The van der Waals surface area contributed by atoms with Gasteiger partial charge in [-0.1, -0.05) is 17.9 Å². The molecule has 0 amide bonds. The van der Waals surface area contributed by atoms with Crippen LogP contribution in [0, 0.1) is 12.3 Å². The first-order chi connectivity index (χ1) is 4.36. The number of nitrogens with two attached hydrogens (primary N) is 1. The van der Waals surface area contributed by atoms with Gasteiger partial charge in [0.25, 0.3) is 0 Å². The molecule has 0 atom stereocenters. The van der Waals surface area contributed by atoms with E-state index in [0.717, 1.165) is 19.6 Å². The fourth-order valence-electron chi connectivity index (χ4n) is 0.867. The molecule has 1 heterocycles. The van der Waals surface area contributed by atoms with Gasteiger partial charge >= 0.3 is 0 Å². The van der Waals surface area contributed by atoms with Crippen LogP contribution in [0.4, 0.5) is 0 Å². The Balaban J connectivity index is 2.06. The van der Waals surface area contributed by atoms with Crippen LogP contribution in [0.25, 0.3) is 0 Å². The second-order valence-electron chi connectivity index (χ2n) is 2.16. The average molecular weight is 142 g/mol. The highest BCUT2D eigenvalue weighted by molar-refractivity contribution is 7.97. The Morgan fingerprint density at radius 2 is 2.44 bits per heavy atom. The van der Waals surface area contributed by atoms with Crippen LogP contribution in [0.1, 0.15) is 0 Å². The summed E-state index contributed by atoms with van der Waals surface area (Å²) in [6, 6.07) is 0. The zero-order valence-corrected chi connectivity index (χ0v) is 6.03. The van der Waals surface area contributed by atoms with E-state index in [1.165, 1.54) is 11.9 Å². The molecular formula is C6H10N2S. The van der Waals surface area contributed by atoms with Gasteiger partial charge in [0, 0.05) is 18.3 Å². The average Bonchev–Trinajstić information content (AvgIpc) is 1.77. The van der Waals surface area contributed by atoms with Crippen LogP contribution in [-0.4, -0.2) is 29.8 Å². The van der Waals surface area contributed by atoms with Crippen molar-refractivity contribution in [1.82, 2.24) is 4.90 Å². The van der Waals surface area contributed by atoms with Gasteiger partial charge in [0.15, 0.2) is 0 Å². The molecule has 0 bridgehead atoms. The Morgan fingerprint density at radius 3 is 2.89 bits per heavy atom. The summed E-state index contributed by atoms with van der Waals surface area (Å²) in [4.78, 5) is 2.20. The number of terminal acetylenes is 1. The first kappa shape index (κ1) is 6.94. The molecule has 1 saturated heterocycles. The Hall–Kier alpha value is -0.170. The number of rotatable bonds is 2. The Kier molecular flexibility index (Phi) is 2.40. The molecular weight excluding hydrogens is 132 g/mol. The molecule has 0 aromatic carbocycles. The van der Waals surface area contributed by atoms with Gasteiger partial charge < -0.3 is 0 Å². The molecule has 0 radical (unpaired) electrons. The standard InChI is InChI=1S/C6H10N2S/c1-2-3-8-4-6(5-8)9-7/h1,6H,3-5,7H2. The SMILES string of the molecule is C#CCN1CC(SN)C1. The van der Waals surface area contributed by atoms with Gasteiger partial charge in [-0.25, -0.2) is 0 Å². The molecule has 0 aliphatic carbocycles. The van der Waals surface area contributed by atoms with Gasteiger partial charge in [-0.2, -0.15) is 0 Å². The van der Waals surface area contributed by atoms with Crippen molar-refractivity contribution in [3.63, 3.8) is 0 Å². The van der Waals surface area contributed by atoms with Crippen LogP contribution in [0.15, 0.2) is 0 Å². The lowest BCUT2D eigenvalue weighted by Crippen LogP contribution is -2.49. The lowest BCUT2D eigenvalue weighted by molar-refractivity contribution is 0.217. The predicted octanol–water partition coefficient (Wildman–Crippen LogP) is -0.0893. The zero-order valence-electron chi connectivity index (χ0n) is 5.21. The van der Waals surface area contributed by atoms with E-state index in [9.17, 15) is 0 Å². The molecule has 0 saturated carbocycles. The summed E-state index contributed by atoms with van der Waals surface area (Å²) >= 11 is 1.43. The van der Waals surface area contributed by atoms with Crippen molar-refractivity contribution < 1.29 is 0 Å². The molecule has 0 aromatic heterocycles. The Morgan fingerprint density at radius 1 is 1.78 bits per heavy atom. The van der Waals surface area contributed by atoms with E-state index in [4.69, 9.17) is 11.6 Å². The van der Waals surface area contributed by atoms with Crippen molar-refractivity contribution in [2.24, 2.45) is 5.14 Å². The van der Waals surface area contributed by atoms with E-state index in [0.29, 0.717) is 5.25 Å². The fourth-order valence-corrected chi connectivity index (χ4v) is 1.46. The summed E-state index contributed by atoms with van der Waals surface area (Å²) in [7, 11) is 0. The largest absolute Gasteiger partial charge is 0.290 e. The third kappa shape index (κ3) is 1.62. The molecule has 1 aliphatic heterocycles.